The summed E-state index contributed by atoms with van der Waals surface area (Å²) in [5, 5.41) is 3.69. The molecule has 0 bridgehead atoms. The van der Waals surface area contributed by atoms with Crippen molar-refractivity contribution in [1.29, 1.82) is 0 Å². The summed E-state index contributed by atoms with van der Waals surface area (Å²) in [6.45, 7) is 5.07. The molecule has 1 fully saturated rings. The van der Waals surface area contributed by atoms with E-state index in [1.165, 1.54) is 30.6 Å². The maximum Gasteiger partial charge on any atom is 0.262 e. The molecule has 7 nitrogen and oxygen atoms in total. The minimum absolute atomic E-state index is 0.0120. The summed E-state index contributed by atoms with van der Waals surface area (Å²) in [4.78, 5) is 34.3. The number of rotatable bonds is 5. The highest BCUT2D eigenvalue weighted by Gasteiger charge is 2.27. The van der Waals surface area contributed by atoms with Gasteiger partial charge in [0, 0.05) is 19.5 Å². The van der Waals surface area contributed by atoms with Gasteiger partial charge in [-0.25, -0.2) is 4.98 Å². The largest absolute Gasteiger partial charge is 0.468 e. The van der Waals surface area contributed by atoms with E-state index < -0.39 is 0 Å². The van der Waals surface area contributed by atoms with Crippen LogP contribution >= 0.6 is 11.3 Å². The highest BCUT2D eigenvalue weighted by atomic mass is 32.1. The summed E-state index contributed by atoms with van der Waals surface area (Å²) in [6, 6.07) is 3.89. The molecule has 0 aromatic carbocycles. The molecule has 30 heavy (non-hydrogen) atoms. The van der Waals surface area contributed by atoms with Crippen LogP contribution in [0.25, 0.3) is 10.2 Å². The van der Waals surface area contributed by atoms with Gasteiger partial charge in [0.05, 0.1) is 22.6 Å². The molecule has 1 unspecified atom stereocenters. The SMILES string of the molecule is Cc1c(C(=O)NCC(c2ccco2)N2CCCCC2)sc2nc3n(c(=O)c12)CCC3. The Kier molecular flexibility index (Phi) is 5.20. The van der Waals surface area contributed by atoms with Crippen LogP contribution in [-0.4, -0.2) is 40.0 Å². The van der Waals surface area contributed by atoms with Crippen molar-refractivity contribution in [3.63, 3.8) is 0 Å². The molecule has 3 aromatic heterocycles. The molecule has 1 saturated heterocycles. The first-order valence-corrected chi connectivity index (χ1v) is 11.5. The minimum atomic E-state index is -0.145. The van der Waals surface area contributed by atoms with Gasteiger partial charge in [0.15, 0.2) is 0 Å². The molecule has 8 heteroatoms. The maximum absolute atomic E-state index is 13.1. The van der Waals surface area contributed by atoms with Crippen LogP contribution in [0.5, 0.6) is 0 Å². The molecule has 0 aliphatic carbocycles. The molecule has 1 N–H and O–H groups in total. The van der Waals surface area contributed by atoms with Crippen molar-refractivity contribution < 1.29 is 9.21 Å². The molecule has 1 amide bonds. The summed E-state index contributed by atoms with van der Waals surface area (Å²) in [6.07, 6.45) is 7.05. The lowest BCUT2D eigenvalue weighted by Gasteiger charge is -2.33. The number of hydrogen-bond donors (Lipinski definition) is 1. The van der Waals surface area contributed by atoms with Crippen LogP contribution in [0.15, 0.2) is 27.6 Å². The van der Waals surface area contributed by atoms with E-state index in [0.717, 1.165) is 43.1 Å². The zero-order valence-electron chi connectivity index (χ0n) is 17.1. The second kappa shape index (κ2) is 8.00. The Morgan fingerprint density at radius 1 is 1.27 bits per heavy atom. The van der Waals surface area contributed by atoms with Crippen molar-refractivity contribution in [1.82, 2.24) is 19.8 Å². The van der Waals surface area contributed by atoms with Gasteiger partial charge in [0.2, 0.25) is 0 Å². The van der Waals surface area contributed by atoms with E-state index in [1.807, 2.05) is 19.1 Å². The van der Waals surface area contributed by atoms with Crippen molar-refractivity contribution in [3.05, 3.63) is 50.8 Å². The number of thiophene rings is 1. The van der Waals surface area contributed by atoms with Gasteiger partial charge in [-0.3, -0.25) is 19.1 Å². The summed E-state index contributed by atoms with van der Waals surface area (Å²) in [5.41, 5.74) is 0.724. The summed E-state index contributed by atoms with van der Waals surface area (Å²) < 4.78 is 7.43. The van der Waals surface area contributed by atoms with Crippen molar-refractivity contribution in [2.45, 2.75) is 51.6 Å². The number of piperidine rings is 1. The van der Waals surface area contributed by atoms with E-state index in [9.17, 15) is 9.59 Å². The second-order valence-electron chi connectivity index (χ2n) is 8.16. The number of hydrogen-bond acceptors (Lipinski definition) is 6. The Morgan fingerprint density at radius 3 is 2.87 bits per heavy atom. The lowest BCUT2D eigenvalue weighted by molar-refractivity contribution is 0.0917. The molecule has 158 valence electrons. The monoisotopic (exact) mass is 426 g/mol. The minimum Gasteiger partial charge on any atom is -0.468 e. The first-order valence-electron chi connectivity index (χ1n) is 10.7. The fraction of sp³-hybridized carbons (Fsp3) is 0.500. The van der Waals surface area contributed by atoms with Crippen molar-refractivity contribution >= 4 is 27.5 Å². The van der Waals surface area contributed by atoms with Gasteiger partial charge in [0.1, 0.15) is 16.4 Å². The van der Waals surface area contributed by atoms with Gasteiger partial charge < -0.3 is 9.73 Å². The number of likely N-dealkylation sites (tertiary alicyclic amines) is 1. The molecule has 5 rings (SSSR count). The van der Waals surface area contributed by atoms with Crippen LogP contribution in [0.1, 0.15) is 58.5 Å². The molecule has 2 aliphatic heterocycles. The van der Waals surface area contributed by atoms with E-state index in [-0.39, 0.29) is 17.5 Å². The third-order valence-corrected chi connectivity index (χ3v) is 7.46. The topological polar surface area (TPSA) is 80.4 Å². The van der Waals surface area contributed by atoms with Crippen molar-refractivity contribution in [2.24, 2.45) is 0 Å². The van der Waals surface area contributed by atoms with Gasteiger partial charge in [-0.2, -0.15) is 0 Å². The van der Waals surface area contributed by atoms with Crippen LogP contribution in [0.2, 0.25) is 0 Å². The smallest absolute Gasteiger partial charge is 0.262 e. The van der Waals surface area contributed by atoms with Gasteiger partial charge >= 0.3 is 0 Å². The van der Waals surface area contributed by atoms with Crippen molar-refractivity contribution in [2.75, 3.05) is 19.6 Å². The number of amides is 1. The Morgan fingerprint density at radius 2 is 2.10 bits per heavy atom. The first-order chi connectivity index (χ1) is 14.6. The molecule has 0 saturated carbocycles. The van der Waals surface area contributed by atoms with E-state index in [2.05, 4.69) is 15.2 Å². The number of furan rings is 1. The summed E-state index contributed by atoms with van der Waals surface area (Å²) >= 11 is 1.32. The number of aryl methyl sites for hydroxylation is 2. The van der Waals surface area contributed by atoms with Gasteiger partial charge in [-0.15, -0.1) is 11.3 Å². The van der Waals surface area contributed by atoms with E-state index in [4.69, 9.17) is 4.42 Å². The predicted molar refractivity (Wildman–Crippen MR) is 116 cm³/mol. The van der Waals surface area contributed by atoms with Gasteiger partial charge in [-0.1, -0.05) is 6.42 Å². The number of carbonyl (C=O) groups excluding carboxylic acids is 1. The van der Waals surface area contributed by atoms with Crippen molar-refractivity contribution in [3.8, 4) is 0 Å². The standard InChI is InChI=1S/C22H26N4O3S/c1-14-18-21(24-17-8-5-11-26(17)22(18)28)30-19(14)20(27)23-13-15(16-7-6-12-29-16)25-9-3-2-4-10-25/h6-7,12,15H,2-5,8-11,13H2,1H3,(H,23,27). The van der Waals surface area contributed by atoms with Gasteiger partial charge in [0.25, 0.3) is 11.5 Å². The Hall–Kier alpha value is -2.45. The van der Waals surface area contributed by atoms with E-state index in [0.29, 0.717) is 28.2 Å². The van der Waals surface area contributed by atoms with Crippen LogP contribution < -0.4 is 10.9 Å². The molecule has 3 aromatic rings. The van der Waals surface area contributed by atoms with Crippen LogP contribution in [0.3, 0.4) is 0 Å². The average molecular weight is 427 g/mol. The molecule has 0 spiro atoms. The highest BCUT2D eigenvalue weighted by molar-refractivity contribution is 7.20. The lowest BCUT2D eigenvalue weighted by Crippen LogP contribution is -2.40. The third kappa shape index (κ3) is 3.37. The normalized spacial score (nSPS) is 17.9. The molecular weight excluding hydrogens is 400 g/mol. The fourth-order valence-corrected chi connectivity index (χ4v) is 5.79. The van der Waals surface area contributed by atoms with E-state index in [1.54, 1.807) is 10.8 Å². The Balaban J connectivity index is 1.39. The Labute approximate surface area is 178 Å². The van der Waals surface area contributed by atoms with E-state index >= 15 is 0 Å². The predicted octanol–water partition coefficient (Wildman–Crippen LogP) is 3.26. The molecule has 1 atom stereocenters. The number of carbonyl (C=O) groups is 1. The average Bonchev–Trinajstić information content (AvgIpc) is 3.50. The maximum atomic E-state index is 13.1. The molecule has 2 aliphatic rings. The number of nitrogens with zero attached hydrogens (tertiary/aromatic N) is 3. The number of aromatic nitrogens is 2. The summed E-state index contributed by atoms with van der Waals surface area (Å²) in [7, 11) is 0. The number of fused-ring (bicyclic) bond motifs is 2. The summed E-state index contributed by atoms with van der Waals surface area (Å²) in [5.74, 6) is 1.57. The van der Waals surface area contributed by atoms with Crippen LogP contribution in [0.4, 0.5) is 0 Å². The Bertz CT molecular complexity index is 1130. The first kappa shape index (κ1) is 19.5. The third-order valence-electron chi connectivity index (χ3n) is 6.28. The molecule has 5 heterocycles. The molecule has 0 radical (unpaired) electrons. The fourth-order valence-electron chi connectivity index (χ4n) is 4.68. The zero-order valence-corrected chi connectivity index (χ0v) is 18.0. The van der Waals surface area contributed by atoms with Crippen LogP contribution in [0, 0.1) is 6.92 Å². The quantitative estimate of drug-likeness (QED) is 0.677. The second-order valence-corrected chi connectivity index (χ2v) is 9.16. The lowest BCUT2D eigenvalue weighted by atomic mass is 10.1. The number of nitrogens with one attached hydrogen (secondary N) is 1. The zero-order chi connectivity index (χ0) is 20.7. The highest BCUT2D eigenvalue weighted by Crippen LogP contribution is 2.29. The van der Waals surface area contributed by atoms with Gasteiger partial charge in [-0.05, 0) is 57.0 Å². The molecular formula is C22H26N4O3S. The van der Waals surface area contributed by atoms with Crippen LogP contribution in [-0.2, 0) is 13.0 Å².